The van der Waals surface area contributed by atoms with Crippen molar-refractivity contribution < 1.29 is 4.42 Å². The Morgan fingerprint density at radius 1 is 1.29 bits per heavy atom. The maximum atomic E-state index is 11.0. The smallest absolute Gasteiger partial charge is 0.388 e. The lowest BCUT2D eigenvalue weighted by Gasteiger charge is -2.03. The lowest BCUT2D eigenvalue weighted by atomic mass is 10.1. The van der Waals surface area contributed by atoms with Crippen molar-refractivity contribution >= 4 is 10.9 Å². The number of hydrogen-bond acceptors (Lipinski definition) is 4. The van der Waals surface area contributed by atoms with Crippen LogP contribution in [0.25, 0.3) is 22.4 Å². The number of nitrogens with one attached hydrogen (secondary N) is 1. The summed E-state index contributed by atoms with van der Waals surface area (Å²) in [5.74, 6) is -0.268. The Morgan fingerprint density at radius 3 is 2.88 bits per heavy atom. The van der Waals surface area contributed by atoms with Gasteiger partial charge in [0.25, 0.3) is 0 Å². The summed E-state index contributed by atoms with van der Waals surface area (Å²) in [6, 6.07) is 9.51. The van der Waals surface area contributed by atoms with Crippen LogP contribution in [-0.4, -0.2) is 15.2 Å². The van der Waals surface area contributed by atoms with Gasteiger partial charge in [-0.25, -0.2) is 9.89 Å². The first kappa shape index (κ1) is 9.77. The molecule has 17 heavy (non-hydrogen) atoms. The number of hydrogen-bond donors (Lipinski definition) is 1. The molecule has 0 saturated heterocycles. The van der Waals surface area contributed by atoms with Crippen LogP contribution in [0, 0.1) is 6.92 Å². The maximum Gasteiger partial charge on any atom is 0.434 e. The van der Waals surface area contributed by atoms with E-state index in [1.165, 1.54) is 0 Å². The molecule has 0 aliphatic rings. The largest absolute Gasteiger partial charge is 0.434 e. The summed E-state index contributed by atoms with van der Waals surface area (Å²) in [6.45, 7) is 1.89. The van der Waals surface area contributed by atoms with Gasteiger partial charge in [0.05, 0.1) is 11.1 Å². The number of H-pyrrole nitrogens is 1. The number of aryl methyl sites for hydroxylation is 1. The molecule has 5 heteroatoms. The van der Waals surface area contributed by atoms with Gasteiger partial charge in [-0.1, -0.05) is 18.2 Å². The van der Waals surface area contributed by atoms with E-state index in [4.69, 9.17) is 4.42 Å². The van der Waals surface area contributed by atoms with Crippen LogP contribution in [0.4, 0.5) is 0 Å². The van der Waals surface area contributed by atoms with Gasteiger partial charge < -0.3 is 4.42 Å². The predicted octanol–water partition coefficient (Wildman–Crippen LogP) is 1.89. The predicted molar refractivity (Wildman–Crippen MR) is 62.6 cm³/mol. The fraction of sp³-hybridized carbons (Fsp3) is 0.0833. The summed E-state index contributed by atoms with van der Waals surface area (Å²) in [6.07, 6.45) is 0. The fourth-order valence-corrected chi connectivity index (χ4v) is 1.83. The molecule has 0 atom stereocenters. The lowest BCUT2D eigenvalue weighted by Crippen LogP contribution is -1.93. The van der Waals surface area contributed by atoms with Crippen molar-refractivity contribution in [2.24, 2.45) is 0 Å². The summed E-state index contributed by atoms with van der Waals surface area (Å²) in [4.78, 5) is 15.4. The van der Waals surface area contributed by atoms with Gasteiger partial charge in [0.2, 0.25) is 5.89 Å². The number of pyridine rings is 1. The molecule has 0 bridgehead atoms. The van der Waals surface area contributed by atoms with Gasteiger partial charge >= 0.3 is 5.76 Å². The Balaban J connectivity index is 2.39. The van der Waals surface area contributed by atoms with E-state index in [0.717, 1.165) is 22.2 Å². The van der Waals surface area contributed by atoms with E-state index in [0.29, 0.717) is 0 Å². The Hall–Kier alpha value is -2.43. The van der Waals surface area contributed by atoms with Crippen molar-refractivity contribution in [1.29, 1.82) is 0 Å². The standard InChI is InChI=1S/C12H9N3O2/c1-7-6-9(11-14-15-12(16)17-11)8-4-2-3-5-10(8)13-7/h2-6H,1H3,(H,15,16). The number of benzene rings is 1. The first-order valence-corrected chi connectivity index (χ1v) is 5.16. The van der Waals surface area contributed by atoms with Gasteiger partial charge in [0.15, 0.2) is 0 Å². The molecule has 0 amide bonds. The third-order valence-corrected chi connectivity index (χ3v) is 2.51. The van der Waals surface area contributed by atoms with Crippen molar-refractivity contribution in [2.45, 2.75) is 6.92 Å². The van der Waals surface area contributed by atoms with Crippen molar-refractivity contribution in [2.75, 3.05) is 0 Å². The second-order valence-corrected chi connectivity index (χ2v) is 3.75. The molecule has 0 spiro atoms. The minimum absolute atomic E-state index is 0.289. The lowest BCUT2D eigenvalue weighted by molar-refractivity contribution is 0.527. The van der Waals surface area contributed by atoms with E-state index in [-0.39, 0.29) is 5.89 Å². The molecule has 3 rings (SSSR count). The van der Waals surface area contributed by atoms with E-state index in [1.807, 2.05) is 37.3 Å². The van der Waals surface area contributed by atoms with Gasteiger partial charge in [-0.15, -0.1) is 5.10 Å². The summed E-state index contributed by atoms with van der Waals surface area (Å²) in [5.41, 5.74) is 2.48. The first-order valence-electron chi connectivity index (χ1n) is 5.16. The van der Waals surface area contributed by atoms with Crippen LogP contribution < -0.4 is 5.76 Å². The Labute approximate surface area is 96.1 Å². The maximum absolute atomic E-state index is 11.0. The molecule has 2 heterocycles. The summed E-state index contributed by atoms with van der Waals surface area (Å²) < 4.78 is 4.98. The van der Waals surface area contributed by atoms with Gasteiger partial charge in [-0.3, -0.25) is 4.98 Å². The van der Waals surface area contributed by atoms with Crippen LogP contribution in [-0.2, 0) is 0 Å². The average molecular weight is 227 g/mol. The second kappa shape index (κ2) is 3.55. The molecule has 0 aliphatic carbocycles. The Kier molecular flexibility index (Phi) is 2.04. The highest BCUT2D eigenvalue weighted by atomic mass is 16.4. The van der Waals surface area contributed by atoms with Crippen LogP contribution >= 0.6 is 0 Å². The Bertz CT molecular complexity index is 743. The van der Waals surface area contributed by atoms with E-state index in [9.17, 15) is 4.79 Å². The van der Waals surface area contributed by atoms with Crippen molar-refractivity contribution in [1.82, 2.24) is 15.2 Å². The minimum atomic E-state index is -0.557. The molecule has 0 aliphatic heterocycles. The van der Waals surface area contributed by atoms with Crippen molar-refractivity contribution in [3.8, 4) is 11.5 Å². The zero-order valence-electron chi connectivity index (χ0n) is 9.10. The number of para-hydroxylation sites is 1. The first-order chi connectivity index (χ1) is 8.24. The van der Waals surface area contributed by atoms with E-state index in [1.54, 1.807) is 0 Å². The molecular weight excluding hydrogens is 218 g/mol. The highest BCUT2D eigenvalue weighted by Gasteiger charge is 2.10. The fourth-order valence-electron chi connectivity index (χ4n) is 1.83. The van der Waals surface area contributed by atoms with Crippen molar-refractivity contribution in [3.05, 3.63) is 46.6 Å². The highest BCUT2D eigenvalue weighted by molar-refractivity contribution is 5.92. The molecular formula is C12H9N3O2. The molecule has 2 aromatic heterocycles. The second-order valence-electron chi connectivity index (χ2n) is 3.75. The normalized spacial score (nSPS) is 10.9. The molecule has 5 nitrogen and oxygen atoms in total. The van der Waals surface area contributed by atoms with E-state index in [2.05, 4.69) is 15.2 Å². The molecule has 3 aromatic rings. The summed E-state index contributed by atoms with van der Waals surface area (Å²) in [7, 11) is 0. The number of nitrogens with zero attached hydrogens (tertiary/aromatic N) is 2. The molecule has 1 N–H and O–H groups in total. The number of aromatic amines is 1. The average Bonchev–Trinajstić information content (AvgIpc) is 2.74. The van der Waals surface area contributed by atoms with Crippen LogP contribution in [0.1, 0.15) is 5.69 Å². The molecule has 0 saturated carbocycles. The minimum Gasteiger partial charge on any atom is -0.388 e. The zero-order valence-corrected chi connectivity index (χ0v) is 9.10. The number of aromatic nitrogens is 3. The molecule has 1 aromatic carbocycles. The van der Waals surface area contributed by atoms with E-state index >= 15 is 0 Å². The SMILES string of the molecule is Cc1cc(-c2n[nH]c(=O)o2)c2ccccc2n1. The highest BCUT2D eigenvalue weighted by Crippen LogP contribution is 2.25. The van der Waals surface area contributed by atoms with Crippen LogP contribution in [0.3, 0.4) is 0 Å². The zero-order chi connectivity index (χ0) is 11.8. The van der Waals surface area contributed by atoms with E-state index < -0.39 is 5.76 Å². The molecule has 84 valence electrons. The third kappa shape index (κ3) is 1.61. The van der Waals surface area contributed by atoms with Crippen LogP contribution in [0.15, 0.2) is 39.5 Å². The topological polar surface area (TPSA) is 71.8 Å². The van der Waals surface area contributed by atoms with Crippen LogP contribution in [0.2, 0.25) is 0 Å². The number of rotatable bonds is 1. The van der Waals surface area contributed by atoms with Crippen molar-refractivity contribution in [3.63, 3.8) is 0 Å². The summed E-state index contributed by atoms with van der Waals surface area (Å²) >= 11 is 0. The monoisotopic (exact) mass is 227 g/mol. The molecule has 0 fully saturated rings. The summed E-state index contributed by atoms with van der Waals surface area (Å²) in [5, 5.41) is 7.01. The Morgan fingerprint density at radius 2 is 2.12 bits per heavy atom. The molecule has 0 radical (unpaired) electrons. The van der Waals surface area contributed by atoms with Crippen LogP contribution in [0.5, 0.6) is 0 Å². The van der Waals surface area contributed by atoms with Gasteiger partial charge in [0, 0.05) is 11.1 Å². The van der Waals surface area contributed by atoms with Gasteiger partial charge in [0.1, 0.15) is 0 Å². The third-order valence-electron chi connectivity index (χ3n) is 2.51. The van der Waals surface area contributed by atoms with Gasteiger partial charge in [-0.05, 0) is 19.1 Å². The molecule has 0 unspecified atom stereocenters. The van der Waals surface area contributed by atoms with Gasteiger partial charge in [-0.2, -0.15) is 0 Å². The number of fused-ring (bicyclic) bond motifs is 1. The quantitative estimate of drug-likeness (QED) is 0.689.